The van der Waals surface area contributed by atoms with Crippen LogP contribution < -0.4 is 0 Å². The van der Waals surface area contributed by atoms with Crippen molar-refractivity contribution in [1.82, 2.24) is 4.98 Å². The van der Waals surface area contributed by atoms with E-state index in [9.17, 15) is 4.79 Å². The first-order valence-electron chi connectivity index (χ1n) is 5.69. The van der Waals surface area contributed by atoms with Crippen molar-refractivity contribution in [2.24, 2.45) is 4.99 Å². The zero-order valence-electron chi connectivity index (χ0n) is 9.60. The van der Waals surface area contributed by atoms with Gasteiger partial charge in [0.1, 0.15) is 0 Å². The Hall–Kier alpha value is -1.99. The molecule has 0 bridgehead atoms. The third kappa shape index (κ3) is 1.65. The highest BCUT2D eigenvalue weighted by molar-refractivity contribution is 5.83. The Balaban J connectivity index is 2.14. The molecular weight excluding hydrogens is 212 g/mol. The molecule has 1 fully saturated rings. The molecule has 0 amide bonds. The van der Waals surface area contributed by atoms with Gasteiger partial charge in [-0.15, -0.1) is 0 Å². The number of benzene rings is 1. The molecule has 0 unspecified atom stereocenters. The molecule has 1 aromatic carbocycles. The van der Waals surface area contributed by atoms with Gasteiger partial charge in [-0.05, 0) is 42.8 Å². The van der Waals surface area contributed by atoms with Gasteiger partial charge in [0.05, 0.1) is 5.54 Å². The van der Waals surface area contributed by atoms with E-state index in [4.69, 9.17) is 0 Å². The van der Waals surface area contributed by atoms with Gasteiger partial charge >= 0.3 is 0 Å². The van der Waals surface area contributed by atoms with Crippen molar-refractivity contribution >= 4 is 16.9 Å². The summed E-state index contributed by atoms with van der Waals surface area (Å²) in [7, 11) is 0. The lowest BCUT2D eigenvalue weighted by Crippen LogP contribution is -2.01. The van der Waals surface area contributed by atoms with Crippen LogP contribution in [0, 0.1) is 6.92 Å². The fraction of sp³-hybridized carbons (Fsp3) is 0.286. The third-order valence-electron chi connectivity index (χ3n) is 3.38. The second-order valence-corrected chi connectivity index (χ2v) is 4.62. The lowest BCUT2D eigenvalue weighted by atomic mass is 10.0. The number of aryl methyl sites for hydroxylation is 1. The van der Waals surface area contributed by atoms with E-state index in [0.29, 0.717) is 0 Å². The first-order valence-corrected chi connectivity index (χ1v) is 5.69. The lowest BCUT2D eigenvalue weighted by Gasteiger charge is -2.09. The fourth-order valence-electron chi connectivity index (χ4n) is 2.21. The van der Waals surface area contributed by atoms with Crippen LogP contribution in [-0.4, -0.2) is 11.1 Å². The number of rotatable bonds is 2. The molecule has 2 aromatic rings. The smallest absolute Gasteiger partial charge is 0.235 e. The van der Waals surface area contributed by atoms with Crippen molar-refractivity contribution in [3.05, 3.63) is 41.7 Å². The number of pyridine rings is 1. The second-order valence-electron chi connectivity index (χ2n) is 4.62. The van der Waals surface area contributed by atoms with E-state index in [-0.39, 0.29) is 5.54 Å². The van der Waals surface area contributed by atoms with Gasteiger partial charge in [0.2, 0.25) is 6.08 Å². The van der Waals surface area contributed by atoms with E-state index in [0.717, 1.165) is 29.5 Å². The van der Waals surface area contributed by atoms with Crippen LogP contribution in [0.25, 0.3) is 10.8 Å². The standard InChI is InChI=1S/C14H12N2O/c1-10-6-11-2-3-13(7-12(11)8-15-10)14(4-5-14)16-9-17/h2-3,6-8H,4-5H2,1H3. The molecule has 1 saturated carbocycles. The molecule has 0 N–H and O–H groups in total. The van der Waals surface area contributed by atoms with Gasteiger partial charge in [0.25, 0.3) is 0 Å². The molecule has 3 rings (SSSR count). The highest BCUT2D eigenvalue weighted by Gasteiger charge is 2.44. The molecule has 0 atom stereocenters. The molecule has 1 aliphatic carbocycles. The van der Waals surface area contributed by atoms with Crippen LogP contribution >= 0.6 is 0 Å². The number of isocyanates is 1. The number of hydrogen-bond donors (Lipinski definition) is 0. The van der Waals surface area contributed by atoms with Crippen molar-refractivity contribution in [1.29, 1.82) is 0 Å². The molecule has 3 nitrogen and oxygen atoms in total. The zero-order valence-corrected chi connectivity index (χ0v) is 9.60. The summed E-state index contributed by atoms with van der Waals surface area (Å²) in [5, 5.41) is 2.27. The maximum atomic E-state index is 10.4. The van der Waals surface area contributed by atoms with Gasteiger partial charge in [0, 0.05) is 17.3 Å². The predicted molar refractivity (Wildman–Crippen MR) is 65.5 cm³/mol. The molecule has 0 radical (unpaired) electrons. The monoisotopic (exact) mass is 224 g/mol. The largest absolute Gasteiger partial charge is 0.261 e. The average molecular weight is 224 g/mol. The van der Waals surface area contributed by atoms with Gasteiger partial charge < -0.3 is 0 Å². The summed E-state index contributed by atoms with van der Waals surface area (Å²) in [5.74, 6) is 0. The summed E-state index contributed by atoms with van der Waals surface area (Å²) in [4.78, 5) is 18.7. The summed E-state index contributed by atoms with van der Waals surface area (Å²) >= 11 is 0. The molecule has 1 aromatic heterocycles. The number of aliphatic imine (C=N–C) groups is 1. The Morgan fingerprint density at radius 1 is 1.29 bits per heavy atom. The zero-order chi connectivity index (χ0) is 11.9. The van der Waals surface area contributed by atoms with E-state index < -0.39 is 0 Å². The third-order valence-corrected chi connectivity index (χ3v) is 3.38. The van der Waals surface area contributed by atoms with Crippen LogP contribution in [0.3, 0.4) is 0 Å². The Kier molecular flexibility index (Phi) is 2.10. The summed E-state index contributed by atoms with van der Waals surface area (Å²) < 4.78 is 0. The maximum absolute atomic E-state index is 10.4. The maximum Gasteiger partial charge on any atom is 0.235 e. The first kappa shape index (κ1) is 10.2. The van der Waals surface area contributed by atoms with Crippen molar-refractivity contribution in [2.75, 3.05) is 0 Å². The number of nitrogens with zero attached hydrogens (tertiary/aromatic N) is 2. The summed E-state index contributed by atoms with van der Waals surface area (Å²) in [6, 6.07) is 8.26. The predicted octanol–water partition coefficient (Wildman–Crippen LogP) is 2.87. The van der Waals surface area contributed by atoms with Gasteiger partial charge in [-0.25, -0.2) is 4.79 Å². The van der Waals surface area contributed by atoms with Gasteiger partial charge in [-0.3, -0.25) is 4.98 Å². The number of hydrogen-bond acceptors (Lipinski definition) is 3. The fourth-order valence-corrected chi connectivity index (χ4v) is 2.21. The van der Waals surface area contributed by atoms with Crippen LogP contribution in [0.4, 0.5) is 0 Å². The van der Waals surface area contributed by atoms with E-state index >= 15 is 0 Å². The Labute approximate surface area is 99.2 Å². The first-order chi connectivity index (χ1) is 8.23. The Morgan fingerprint density at radius 3 is 2.82 bits per heavy atom. The minimum Gasteiger partial charge on any atom is -0.261 e. The molecule has 3 heteroatoms. The quantitative estimate of drug-likeness (QED) is 0.581. The van der Waals surface area contributed by atoms with Crippen LogP contribution in [0.1, 0.15) is 24.1 Å². The second kappa shape index (κ2) is 3.51. The highest BCUT2D eigenvalue weighted by atomic mass is 16.1. The minimum absolute atomic E-state index is 0.291. The van der Waals surface area contributed by atoms with E-state index in [1.165, 1.54) is 5.39 Å². The number of aromatic nitrogens is 1. The van der Waals surface area contributed by atoms with Gasteiger partial charge in [0.15, 0.2) is 0 Å². The van der Waals surface area contributed by atoms with Crippen LogP contribution in [-0.2, 0) is 10.3 Å². The molecule has 0 spiro atoms. The Morgan fingerprint density at radius 2 is 2.12 bits per heavy atom. The van der Waals surface area contributed by atoms with E-state index in [1.807, 2.05) is 13.1 Å². The minimum atomic E-state index is -0.291. The van der Waals surface area contributed by atoms with Crippen molar-refractivity contribution in [2.45, 2.75) is 25.3 Å². The summed E-state index contributed by atoms with van der Waals surface area (Å²) in [6.07, 6.45) is 5.43. The normalized spacial score (nSPS) is 16.5. The summed E-state index contributed by atoms with van der Waals surface area (Å²) in [5.41, 5.74) is 1.82. The molecule has 0 saturated heterocycles. The van der Waals surface area contributed by atoms with Crippen molar-refractivity contribution in [3.8, 4) is 0 Å². The number of carbonyl (C=O) groups excluding carboxylic acids is 1. The summed E-state index contributed by atoms with van der Waals surface area (Å²) in [6.45, 7) is 1.98. The van der Waals surface area contributed by atoms with E-state index in [2.05, 4.69) is 34.2 Å². The molecule has 17 heavy (non-hydrogen) atoms. The number of fused-ring (bicyclic) bond motifs is 1. The molecule has 1 heterocycles. The lowest BCUT2D eigenvalue weighted by molar-refractivity contribution is 0.556. The highest BCUT2D eigenvalue weighted by Crippen LogP contribution is 2.49. The molecule has 0 aliphatic heterocycles. The van der Waals surface area contributed by atoms with Crippen LogP contribution in [0.5, 0.6) is 0 Å². The average Bonchev–Trinajstić information content (AvgIpc) is 3.10. The SMILES string of the molecule is Cc1cc2ccc(C3(N=C=O)CC3)cc2cn1. The van der Waals surface area contributed by atoms with Crippen molar-refractivity contribution in [3.63, 3.8) is 0 Å². The molecule has 84 valence electrons. The van der Waals surface area contributed by atoms with Crippen molar-refractivity contribution < 1.29 is 4.79 Å². The molecular formula is C14H12N2O. The van der Waals surface area contributed by atoms with Gasteiger partial charge in [-0.1, -0.05) is 12.1 Å². The van der Waals surface area contributed by atoms with Gasteiger partial charge in [-0.2, -0.15) is 4.99 Å². The Bertz CT molecular complexity index is 638. The topological polar surface area (TPSA) is 42.3 Å². The van der Waals surface area contributed by atoms with Crippen LogP contribution in [0.15, 0.2) is 35.5 Å². The molecule has 1 aliphatic rings. The van der Waals surface area contributed by atoms with E-state index in [1.54, 1.807) is 6.08 Å². The van der Waals surface area contributed by atoms with Crippen LogP contribution in [0.2, 0.25) is 0 Å².